The maximum atomic E-state index is 13.9. The molecule has 1 heterocycles. The molecule has 45 heavy (non-hydrogen) atoms. The second-order valence-corrected chi connectivity index (χ2v) is 9.83. The Morgan fingerprint density at radius 3 is 2.20 bits per heavy atom. The van der Waals surface area contributed by atoms with Gasteiger partial charge in [-0.15, -0.1) is 0 Å². The number of carboxylic acid groups (broad SMARTS) is 1. The van der Waals surface area contributed by atoms with Crippen LogP contribution in [0.1, 0.15) is 22.3 Å². The number of rotatable bonds is 10. The number of urea groups is 1. The Bertz CT molecular complexity index is 1730. The monoisotopic (exact) mass is 627 g/mol. The van der Waals surface area contributed by atoms with Gasteiger partial charge in [0.1, 0.15) is 5.75 Å². The Kier molecular flexibility index (Phi) is 8.66. The van der Waals surface area contributed by atoms with Gasteiger partial charge in [0.25, 0.3) is 5.91 Å². The van der Waals surface area contributed by atoms with E-state index >= 15 is 0 Å². The zero-order chi connectivity index (χ0) is 32.2. The van der Waals surface area contributed by atoms with Gasteiger partial charge in [-0.25, -0.2) is 4.79 Å². The van der Waals surface area contributed by atoms with E-state index in [1.807, 2.05) is 30.3 Å². The molecule has 4 aromatic carbocycles. The van der Waals surface area contributed by atoms with Crippen LogP contribution in [-0.4, -0.2) is 48.5 Å². The van der Waals surface area contributed by atoms with Crippen molar-refractivity contribution in [3.05, 3.63) is 96.1 Å². The standard InChI is InChI=1S/C31H25F4N3O7/c32-30(33)31(34,35)45-26-16-23(10-12-25(26)44-30)38(17-19-5-7-21(8-6-19)28(41)36-14-13-27(39)40)29(42)37-18-43-24-11-9-20-3-1-2-4-22(20)15-24/h1-12,15-16H,13-14,17-18H2,(H,36,41)(H,37,42)(H,39,40). The molecule has 0 radical (unpaired) electrons. The van der Waals surface area contributed by atoms with E-state index in [0.29, 0.717) is 11.3 Å². The highest BCUT2D eigenvalue weighted by molar-refractivity contribution is 5.95. The molecule has 14 heteroatoms. The third-order valence-corrected chi connectivity index (χ3v) is 6.66. The quantitative estimate of drug-likeness (QED) is 0.151. The summed E-state index contributed by atoms with van der Waals surface area (Å²) >= 11 is 0. The van der Waals surface area contributed by atoms with Crippen molar-refractivity contribution in [1.29, 1.82) is 0 Å². The van der Waals surface area contributed by atoms with Crippen molar-refractivity contribution >= 4 is 34.4 Å². The SMILES string of the molecule is O=C(O)CCNC(=O)c1ccc(CN(C(=O)NCOc2ccc3ccccc3c2)c2ccc3c(c2)OC(F)(F)C(F)(F)O3)cc1. The van der Waals surface area contributed by atoms with E-state index in [4.69, 9.17) is 9.84 Å². The number of carbonyl (C=O) groups excluding carboxylic acids is 2. The van der Waals surface area contributed by atoms with Gasteiger partial charge >= 0.3 is 24.2 Å². The van der Waals surface area contributed by atoms with Crippen LogP contribution in [0.3, 0.4) is 0 Å². The van der Waals surface area contributed by atoms with Crippen LogP contribution < -0.4 is 29.7 Å². The Balaban J connectivity index is 1.34. The third kappa shape index (κ3) is 7.17. The number of halogens is 4. The van der Waals surface area contributed by atoms with Crippen molar-refractivity contribution < 1.29 is 51.3 Å². The molecule has 5 rings (SSSR count). The van der Waals surface area contributed by atoms with Crippen molar-refractivity contribution in [2.75, 3.05) is 18.2 Å². The number of anilines is 1. The first-order valence-corrected chi connectivity index (χ1v) is 13.5. The number of alkyl halides is 4. The molecule has 10 nitrogen and oxygen atoms in total. The first kappa shape index (κ1) is 30.9. The fourth-order valence-corrected chi connectivity index (χ4v) is 4.37. The van der Waals surface area contributed by atoms with Gasteiger partial charge in [-0.05, 0) is 52.7 Å². The minimum absolute atomic E-state index is 0.00272. The maximum Gasteiger partial charge on any atom is 0.507 e. The van der Waals surface area contributed by atoms with Gasteiger partial charge in [0, 0.05) is 23.9 Å². The molecule has 234 valence electrons. The van der Waals surface area contributed by atoms with E-state index in [1.54, 1.807) is 12.1 Å². The number of ether oxygens (including phenoxy) is 3. The second-order valence-electron chi connectivity index (χ2n) is 9.83. The maximum absolute atomic E-state index is 13.9. The Morgan fingerprint density at radius 1 is 0.800 bits per heavy atom. The number of hydrogen-bond donors (Lipinski definition) is 3. The molecule has 0 aromatic heterocycles. The Hall–Kier alpha value is -5.53. The summed E-state index contributed by atoms with van der Waals surface area (Å²) in [5.41, 5.74) is 0.720. The fourth-order valence-electron chi connectivity index (χ4n) is 4.37. The van der Waals surface area contributed by atoms with Crippen molar-refractivity contribution in [3.63, 3.8) is 0 Å². The number of nitrogens with zero attached hydrogens (tertiary/aromatic N) is 1. The number of hydrogen-bond acceptors (Lipinski definition) is 6. The summed E-state index contributed by atoms with van der Waals surface area (Å²) in [6, 6.07) is 21.4. The highest BCUT2D eigenvalue weighted by Gasteiger charge is 2.66. The molecule has 0 aliphatic carbocycles. The van der Waals surface area contributed by atoms with Crippen molar-refractivity contribution in [2.45, 2.75) is 25.2 Å². The molecule has 0 saturated carbocycles. The molecule has 0 atom stereocenters. The van der Waals surface area contributed by atoms with Crippen LogP contribution in [0.25, 0.3) is 10.8 Å². The highest BCUT2D eigenvalue weighted by Crippen LogP contribution is 2.48. The van der Waals surface area contributed by atoms with E-state index in [2.05, 4.69) is 20.1 Å². The number of carboxylic acids is 1. The predicted octanol–water partition coefficient (Wildman–Crippen LogP) is 5.75. The third-order valence-electron chi connectivity index (χ3n) is 6.66. The first-order valence-electron chi connectivity index (χ1n) is 13.5. The molecule has 0 spiro atoms. The van der Waals surface area contributed by atoms with E-state index in [0.717, 1.165) is 27.8 Å². The lowest BCUT2D eigenvalue weighted by atomic mass is 10.1. The molecule has 3 amide bonds. The minimum Gasteiger partial charge on any atom is -0.481 e. The lowest BCUT2D eigenvalue weighted by Crippen LogP contribution is -2.52. The van der Waals surface area contributed by atoms with E-state index < -0.39 is 41.6 Å². The minimum atomic E-state index is -4.96. The summed E-state index contributed by atoms with van der Waals surface area (Å²) in [5.74, 6) is -2.45. The number of nitrogens with one attached hydrogen (secondary N) is 2. The zero-order valence-electron chi connectivity index (χ0n) is 23.3. The average Bonchev–Trinajstić information content (AvgIpc) is 3.00. The summed E-state index contributed by atoms with van der Waals surface area (Å²) in [6.07, 6.45) is -10.1. The van der Waals surface area contributed by atoms with Gasteiger partial charge in [-0.1, -0.05) is 42.5 Å². The molecule has 0 saturated heterocycles. The summed E-state index contributed by atoms with van der Waals surface area (Å²) in [5, 5.41) is 15.7. The van der Waals surface area contributed by atoms with E-state index in [-0.39, 0.29) is 37.5 Å². The zero-order valence-corrected chi connectivity index (χ0v) is 23.3. The van der Waals surface area contributed by atoms with Crippen LogP contribution in [-0.2, 0) is 11.3 Å². The lowest BCUT2D eigenvalue weighted by Gasteiger charge is -2.32. The van der Waals surface area contributed by atoms with Crippen LogP contribution in [0.15, 0.2) is 84.9 Å². The van der Waals surface area contributed by atoms with Crippen LogP contribution in [0.4, 0.5) is 28.0 Å². The summed E-state index contributed by atoms with van der Waals surface area (Å²) < 4.78 is 69.1. The van der Waals surface area contributed by atoms with Crippen LogP contribution >= 0.6 is 0 Å². The molecule has 0 bridgehead atoms. The van der Waals surface area contributed by atoms with Gasteiger partial charge in [0.05, 0.1) is 13.0 Å². The molecule has 4 aromatic rings. The first-order chi connectivity index (χ1) is 21.4. The number of benzene rings is 4. The van der Waals surface area contributed by atoms with Crippen LogP contribution in [0, 0.1) is 0 Å². The number of aliphatic carboxylic acids is 1. The van der Waals surface area contributed by atoms with Crippen molar-refractivity contribution in [2.24, 2.45) is 0 Å². The second kappa shape index (κ2) is 12.6. The molecular formula is C31H25F4N3O7. The molecule has 1 aliphatic rings. The number of amides is 3. The fraction of sp³-hybridized carbons (Fsp3) is 0.194. The van der Waals surface area contributed by atoms with Crippen LogP contribution in [0.5, 0.6) is 17.2 Å². The smallest absolute Gasteiger partial charge is 0.481 e. The molecule has 0 fully saturated rings. The van der Waals surface area contributed by atoms with Crippen molar-refractivity contribution in [3.8, 4) is 17.2 Å². The van der Waals surface area contributed by atoms with Gasteiger partial charge < -0.3 is 30.0 Å². The van der Waals surface area contributed by atoms with E-state index in [1.165, 1.54) is 30.3 Å². The highest BCUT2D eigenvalue weighted by atomic mass is 19.3. The summed E-state index contributed by atoms with van der Waals surface area (Å²) in [6.45, 7) is -0.507. The topological polar surface area (TPSA) is 126 Å². The van der Waals surface area contributed by atoms with Gasteiger partial charge in [-0.2, -0.15) is 17.6 Å². The Labute approximate surface area is 253 Å². The average molecular weight is 628 g/mol. The van der Waals surface area contributed by atoms with Crippen molar-refractivity contribution in [1.82, 2.24) is 10.6 Å². The summed E-state index contributed by atoms with van der Waals surface area (Å²) in [7, 11) is 0. The molecule has 0 unspecified atom stereocenters. The van der Waals surface area contributed by atoms with Gasteiger partial charge in [-0.3, -0.25) is 14.5 Å². The van der Waals surface area contributed by atoms with Gasteiger partial charge in [0.15, 0.2) is 18.2 Å². The normalized spacial score (nSPS) is 14.3. The molecular weight excluding hydrogens is 602 g/mol. The Morgan fingerprint density at radius 2 is 1.49 bits per heavy atom. The van der Waals surface area contributed by atoms with Gasteiger partial charge in [0.2, 0.25) is 0 Å². The largest absolute Gasteiger partial charge is 0.507 e. The van der Waals surface area contributed by atoms with E-state index in [9.17, 15) is 31.9 Å². The van der Waals surface area contributed by atoms with Crippen LogP contribution in [0.2, 0.25) is 0 Å². The predicted molar refractivity (Wildman–Crippen MR) is 153 cm³/mol. The number of fused-ring (bicyclic) bond motifs is 2. The molecule has 3 N–H and O–H groups in total. The summed E-state index contributed by atoms with van der Waals surface area (Å²) in [4.78, 5) is 37.5. The lowest BCUT2D eigenvalue weighted by molar-refractivity contribution is -0.391. The number of carbonyl (C=O) groups is 3. The molecule has 1 aliphatic heterocycles.